The first kappa shape index (κ1) is 30.7. The van der Waals surface area contributed by atoms with Crippen molar-refractivity contribution in [2.75, 3.05) is 0 Å². The zero-order chi connectivity index (χ0) is 28.9. The molecule has 3 aromatic rings. The van der Waals surface area contributed by atoms with E-state index in [2.05, 4.69) is 47.9 Å². The smallest absolute Gasteiger partial charge is 0.303 e. The van der Waals surface area contributed by atoms with Gasteiger partial charge in [0.05, 0.1) is 33.8 Å². The van der Waals surface area contributed by atoms with E-state index in [1.165, 1.54) is 0 Å². The largest absolute Gasteiger partial charge is 0.481 e. The lowest BCUT2D eigenvalue weighted by molar-refractivity contribution is -0.137. The van der Waals surface area contributed by atoms with E-state index in [0.29, 0.717) is 24.2 Å². The van der Waals surface area contributed by atoms with E-state index in [4.69, 9.17) is 9.97 Å². The van der Waals surface area contributed by atoms with E-state index in [1.54, 1.807) is 0 Å². The lowest BCUT2D eigenvalue weighted by atomic mass is 9.98. The molecule has 11 heteroatoms. The highest BCUT2D eigenvalue weighted by molar-refractivity contribution is 9.11. The van der Waals surface area contributed by atoms with Gasteiger partial charge in [0.2, 0.25) is 0 Å². The van der Waals surface area contributed by atoms with Crippen LogP contribution in [0.15, 0.2) is 33.2 Å². The highest BCUT2D eigenvalue weighted by Gasteiger charge is 2.22. The molecule has 0 saturated heterocycles. The Hall–Kier alpha value is -3.21. The minimum Gasteiger partial charge on any atom is -0.481 e. The van der Waals surface area contributed by atoms with Gasteiger partial charge in [-0.1, -0.05) is 0 Å². The molecule has 2 aliphatic rings. The van der Waals surface area contributed by atoms with E-state index < -0.39 is 11.9 Å². The predicted molar refractivity (Wildman–Crippen MR) is 172 cm³/mol. The van der Waals surface area contributed by atoms with E-state index in [-0.39, 0.29) is 25.2 Å². The Morgan fingerprint density at radius 3 is 1.49 bits per heavy atom. The molecule has 0 spiro atoms. The van der Waals surface area contributed by atoms with E-state index in [1.807, 2.05) is 45.9 Å². The molecular formula is C30H29Br2ClN4O4. The zero-order valence-electron chi connectivity index (χ0n) is 22.9. The topological polar surface area (TPSA) is 132 Å². The third-order valence-corrected chi connectivity index (χ3v) is 9.60. The molecule has 8 nitrogen and oxygen atoms in total. The van der Waals surface area contributed by atoms with Crippen molar-refractivity contribution in [1.82, 2.24) is 19.9 Å². The van der Waals surface area contributed by atoms with Crippen molar-refractivity contribution in [3.05, 3.63) is 67.1 Å². The average molecular weight is 705 g/mol. The molecule has 0 atom stereocenters. The van der Waals surface area contributed by atoms with Crippen LogP contribution < -0.4 is 0 Å². The summed E-state index contributed by atoms with van der Waals surface area (Å²) in [5, 5.41) is 18.8. The molecule has 8 bridgehead atoms. The summed E-state index contributed by atoms with van der Waals surface area (Å²) in [4.78, 5) is 39.8. The van der Waals surface area contributed by atoms with Crippen LogP contribution in [0.25, 0.3) is 44.4 Å². The number of aryl methyl sites for hydroxylation is 2. The molecule has 41 heavy (non-hydrogen) atoms. The van der Waals surface area contributed by atoms with Crippen molar-refractivity contribution >= 4 is 101 Å². The number of carbonyl (C=O) groups is 2. The van der Waals surface area contributed by atoms with E-state index in [9.17, 15) is 19.8 Å². The number of nitrogens with one attached hydrogen (secondary N) is 2. The van der Waals surface area contributed by atoms with Crippen LogP contribution in [0.2, 0.25) is 0 Å². The van der Waals surface area contributed by atoms with Crippen molar-refractivity contribution in [3.8, 4) is 0 Å². The van der Waals surface area contributed by atoms with Crippen molar-refractivity contribution < 1.29 is 19.8 Å². The maximum atomic E-state index is 11.5. The second-order valence-electron chi connectivity index (χ2n) is 10.1. The van der Waals surface area contributed by atoms with Gasteiger partial charge >= 0.3 is 11.9 Å². The van der Waals surface area contributed by atoms with Crippen LogP contribution in [0.4, 0.5) is 0 Å². The molecular weight excluding hydrogens is 676 g/mol. The Morgan fingerprint density at radius 2 is 1.05 bits per heavy atom. The number of nitrogens with zero attached hydrogens (tertiary/aromatic N) is 2. The summed E-state index contributed by atoms with van der Waals surface area (Å²) in [6.07, 6.45) is 0.581. The first-order valence-corrected chi connectivity index (χ1v) is 14.4. The third-order valence-electron chi connectivity index (χ3n) is 7.55. The SMILES string of the molecule is CC1=C(CCC(=O)O)c2cc3nc(cc4[nH]c(cc5[nH]c(cc1n2)c(C)c5Br)c(C)c4Br)C(C)=C3CCC(=O)O.Cl. The Kier molecular flexibility index (Phi) is 8.96. The first-order valence-electron chi connectivity index (χ1n) is 12.9. The number of hydrogen-bond donors (Lipinski definition) is 4. The molecule has 0 radical (unpaired) electrons. The highest BCUT2D eigenvalue weighted by Crippen LogP contribution is 2.38. The molecule has 5 rings (SSSR count). The molecule has 0 amide bonds. The van der Waals surface area contributed by atoms with Crippen LogP contribution in [0.5, 0.6) is 0 Å². The van der Waals surface area contributed by atoms with Gasteiger partial charge in [0.25, 0.3) is 0 Å². The summed E-state index contributed by atoms with van der Waals surface area (Å²) in [5.74, 6) is -1.77. The molecule has 4 N–H and O–H groups in total. The number of H-pyrrole nitrogens is 2. The van der Waals surface area contributed by atoms with Gasteiger partial charge in [-0.15, -0.1) is 12.4 Å². The molecule has 5 heterocycles. The summed E-state index contributed by atoms with van der Waals surface area (Å²) >= 11 is 7.48. The number of aromatic amines is 2. The van der Waals surface area contributed by atoms with Crippen molar-refractivity contribution in [2.45, 2.75) is 53.4 Å². The van der Waals surface area contributed by atoms with Crippen LogP contribution in [0, 0.1) is 13.8 Å². The molecule has 3 aromatic heterocycles. The van der Waals surface area contributed by atoms with Crippen molar-refractivity contribution in [1.29, 1.82) is 0 Å². The number of allylic oxidation sites excluding steroid dienone is 4. The Balaban J connectivity index is 0.00000387. The molecule has 214 valence electrons. The minimum absolute atomic E-state index is 0. The van der Waals surface area contributed by atoms with Crippen LogP contribution in [0.1, 0.15) is 73.4 Å². The van der Waals surface area contributed by atoms with Crippen LogP contribution >= 0.6 is 44.3 Å². The second kappa shape index (κ2) is 12.0. The minimum atomic E-state index is -0.883. The monoisotopic (exact) mass is 702 g/mol. The summed E-state index contributed by atoms with van der Waals surface area (Å²) in [5.41, 5.74) is 11.9. The van der Waals surface area contributed by atoms with Gasteiger partial charge in [0, 0.05) is 32.8 Å². The van der Waals surface area contributed by atoms with Gasteiger partial charge in [-0.25, -0.2) is 9.97 Å². The fraction of sp³-hybridized carbons (Fsp3) is 0.267. The average Bonchev–Trinajstić information content (AvgIpc) is 3.53. The number of aliphatic carboxylic acids is 2. The van der Waals surface area contributed by atoms with E-state index in [0.717, 1.165) is 75.8 Å². The Bertz CT molecular complexity index is 1710. The van der Waals surface area contributed by atoms with Gasteiger partial charge in [-0.3, -0.25) is 9.59 Å². The lowest BCUT2D eigenvalue weighted by Gasteiger charge is -2.05. The highest BCUT2D eigenvalue weighted by atomic mass is 79.9. The van der Waals surface area contributed by atoms with Gasteiger partial charge in [-0.05, 0) is 130 Å². The number of carboxylic acid groups (broad SMARTS) is 2. The third kappa shape index (κ3) is 5.91. The van der Waals surface area contributed by atoms with E-state index >= 15 is 0 Å². The molecule has 0 fully saturated rings. The molecule has 0 unspecified atom stereocenters. The maximum absolute atomic E-state index is 11.5. The number of fused-ring (bicyclic) bond motifs is 8. The fourth-order valence-electron chi connectivity index (χ4n) is 5.13. The quantitative estimate of drug-likeness (QED) is 0.204. The second-order valence-corrected chi connectivity index (χ2v) is 11.7. The fourth-order valence-corrected chi connectivity index (χ4v) is 5.99. The van der Waals surface area contributed by atoms with Gasteiger partial charge < -0.3 is 20.2 Å². The van der Waals surface area contributed by atoms with Gasteiger partial charge in [0.15, 0.2) is 0 Å². The molecule has 2 aliphatic heterocycles. The summed E-state index contributed by atoms with van der Waals surface area (Å²) in [6.45, 7) is 7.97. The summed E-state index contributed by atoms with van der Waals surface area (Å²) in [6, 6.07) is 7.87. The van der Waals surface area contributed by atoms with Crippen molar-refractivity contribution in [3.63, 3.8) is 0 Å². The predicted octanol–water partition coefficient (Wildman–Crippen LogP) is 8.47. The lowest BCUT2D eigenvalue weighted by Crippen LogP contribution is -1.97. The van der Waals surface area contributed by atoms with Gasteiger partial charge in [-0.2, -0.15) is 0 Å². The Morgan fingerprint density at radius 1 is 0.659 bits per heavy atom. The number of halogens is 3. The van der Waals surface area contributed by atoms with Crippen LogP contribution in [-0.2, 0) is 9.59 Å². The number of aromatic nitrogens is 4. The molecule has 0 saturated carbocycles. The number of hydrogen-bond acceptors (Lipinski definition) is 4. The van der Waals surface area contributed by atoms with Gasteiger partial charge in [0.1, 0.15) is 0 Å². The standard InChI is InChI=1S/C30H28Br2N4O4.ClH/c1-13-17(5-7-27(37)38)23-12-24-18(6-8-28(39)40)14(2)20(34-24)10-25-30(32)16(4)22(36-25)11-26-29(31)15(3)21(35-26)9-19(13)33-23;/h9-12,35-36H,5-8H2,1-4H3,(H,37,38)(H,39,40);1H. The molecule has 0 aromatic carbocycles. The van der Waals surface area contributed by atoms with Crippen LogP contribution in [-0.4, -0.2) is 42.1 Å². The summed E-state index contributed by atoms with van der Waals surface area (Å²) in [7, 11) is 0. The summed E-state index contributed by atoms with van der Waals surface area (Å²) < 4.78 is 1.87. The number of rotatable bonds is 6. The Labute approximate surface area is 259 Å². The molecule has 0 aliphatic carbocycles. The number of carboxylic acids is 2. The van der Waals surface area contributed by atoms with Crippen LogP contribution in [0.3, 0.4) is 0 Å². The normalized spacial score (nSPS) is 13.0. The van der Waals surface area contributed by atoms with Crippen molar-refractivity contribution in [2.24, 2.45) is 0 Å². The maximum Gasteiger partial charge on any atom is 0.303 e. The first-order chi connectivity index (χ1) is 18.9. The zero-order valence-corrected chi connectivity index (χ0v) is 26.9.